The molecule has 0 N–H and O–H groups in total. The fourth-order valence-corrected chi connectivity index (χ4v) is 0. The molecule has 0 spiro atoms. The molecule has 2 nitrogen and oxygen atoms in total. The molecule has 44 valence electrons. The summed E-state index contributed by atoms with van der Waals surface area (Å²) in [5, 5.41) is 9.89. The van der Waals surface area contributed by atoms with Gasteiger partial charge >= 0.3 is 27.3 Å². The molecule has 0 saturated carbocycles. The number of rotatable bonds is 1. The summed E-state index contributed by atoms with van der Waals surface area (Å²) in [6, 6.07) is 0. The number of carboxylic acid groups (broad SMARTS) is 1. The first kappa shape index (κ1) is 13.2. The SMILES string of the molecule is O=C([O-])C(I)(I)I.[Tl+]. The van der Waals surface area contributed by atoms with E-state index in [1.807, 2.05) is 0 Å². The number of hydrogen-bond acceptors (Lipinski definition) is 2. The van der Waals surface area contributed by atoms with Gasteiger partial charge in [-0.15, -0.1) is 0 Å². The molecular formula is C2I3O2Tl. The maximum absolute atomic E-state index is 9.89. The Morgan fingerprint density at radius 2 is 1.50 bits per heavy atom. The molecule has 0 amide bonds. The molecule has 0 atom stereocenters. The van der Waals surface area contributed by atoms with Crippen molar-refractivity contribution < 1.29 is 9.90 Å². The van der Waals surface area contributed by atoms with E-state index in [1.54, 1.807) is 67.8 Å². The number of carbonyl (C=O) groups excluding carboxylic acids is 1. The zero-order valence-corrected chi connectivity index (χ0v) is 14.5. The van der Waals surface area contributed by atoms with Crippen LogP contribution in [0, 0.1) is 0 Å². The number of aliphatic carboxylic acids is 1. The molecule has 0 bridgehead atoms. The maximum Gasteiger partial charge on any atom is 1.00 e. The van der Waals surface area contributed by atoms with Gasteiger partial charge in [0.25, 0.3) is 0 Å². The minimum Gasteiger partial charge on any atom is -0.547 e. The first-order valence-electron chi connectivity index (χ1n) is 1.23. The topological polar surface area (TPSA) is 40.1 Å². The van der Waals surface area contributed by atoms with Crippen LogP contribution in [0.2, 0.25) is 0 Å². The summed E-state index contributed by atoms with van der Waals surface area (Å²) < 4.78 is -0.784. The molecule has 0 heterocycles. The summed E-state index contributed by atoms with van der Waals surface area (Å²) in [5.74, 6) is -1.05. The quantitative estimate of drug-likeness (QED) is 0.235. The summed E-state index contributed by atoms with van der Waals surface area (Å²) in [7, 11) is 0. The monoisotopic (exact) mass is 642 g/mol. The van der Waals surface area contributed by atoms with Crippen LogP contribution in [0.3, 0.4) is 0 Å². The van der Waals surface area contributed by atoms with Crippen LogP contribution in [0.1, 0.15) is 0 Å². The molecule has 0 aliphatic rings. The van der Waals surface area contributed by atoms with Gasteiger partial charge in [-0.3, -0.25) is 0 Å². The Hall–Kier alpha value is 2.58. The Labute approximate surface area is 108 Å². The van der Waals surface area contributed by atoms with Crippen molar-refractivity contribution in [1.82, 2.24) is 0 Å². The van der Waals surface area contributed by atoms with E-state index in [4.69, 9.17) is 0 Å². The van der Waals surface area contributed by atoms with Crippen molar-refractivity contribution in [2.75, 3.05) is 0 Å². The van der Waals surface area contributed by atoms with Crippen LogP contribution >= 0.6 is 67.8 Å². The second-order valence-electron chi connectivity index (χ2n) is 0.785. The molecule has 0 aromatic rings. The van der Waals surface area contributed by atoms with Gasteiger partial charge in [-0.1, -0.05) is 0 Å². The summed E-state index contributed by atoms with van der Waals surface area (Å²) in [5.41, 5.74) is 0. The molecule has 0 aliphatic heterocycles. The van der Waals surface area contributed by atoms with Gasteiger partial charge in [-0.05, 0) is 67.8 Å². The van der Waals surface area contributed by atoms with Gasteiger partial charge in [0.2, 0.25) is 0 Å². The number of carbonyl (C=O) groups is 1. The van der Waals surface area contributed by atoms with Gasteiger partial charge in [0.15, 0.2) is -0.565 Å². The van der Waals surface area contributed by atoms with E-state index in [1.165, 1.54) is 0 Å². The predicted molar refractivity (Wildman–Crippen MR) is 55.6 cm³/mol. The first-order valence-corrected chi connectivity index (χ1v) is 4.46. The number of carboxylic acids is 1. The molecular weight excluding hydrogens is 641 g/mol. The zero-order chi connectivity index (χ0) is 6.08. The van der Waals surface area contributed by atoms with Crippen LogP contribution in [-0.2, 0) is 4.79 Å². The number of hydrogen-bond donors (Lipinski definition) is 0. The van der Waals surface area contributed by atoms with Crippen molar-refractivity contribution in [1.29, 1.82) is 0 Å². The smallest absolute Gasteiger partial charge is 0.547 e. The Bertz CT molecular complexity index is 87.8. The van der Waals surface area contributed by atoms with Gasteiger partial charge < -0.3 is 9.90 Å². The van der Waals surface area contributed by atoms with Gasteiger partial charge in [-0.25, -0.2) is 0 Å². The third-order valence-electron chi connectivity index (χ3n) is 0.231. The minimum atomic E-state index is -1.05. The average molecular weight is 641 g/mol. The minimum absolute atomic E-state index is 0. The molecule has 0 rings (SSSR count). The van der Waals surface area contributed by atoms with Crippen LogP contribution in [0.5, 0.6) is 0 Å². The number of alkyl halides is 3. The molecule has 0 aromatic carbocycles. The van der Waals surface area contributed by atoms with Gasteiger partial charge in [0.1, 0.15) is 0 Å². The molecule has 0 fully saturated rings. The maximum atomic E-state index is 9.89. The average Bonchev–Trinajstić information content (AvgIpc) is 1.31. The Kier molecular flexibility index (Phi) is 8.68. The number of halogens is 3. The van der Waals surface area contributed by atoms with Crippen LogP contribution < -0.4 is 5.11 Å². The van der Waals surface area contributed by atoms with E-state index >= 15 is 0 Å². The summed E-state index contributed by atoms with van der Waals surface area (Å²) in [4.78, 5) is 9.89. The predicted octanol–water partition coefficient (Wildman–Crippen LogP) is 0.314. The van der Waals surface area contributed by atoms with Crippen molar-refractivity contribution in [3.63, 3.8) is 0 Å². The van der Waals surface area contributed by atoms with E-state index in [0.717, 1.165) is 0 Å². The third-order valence-corrected chi connectivity index (χ3v) is 1.55. The largest absolute Gasteiger partial charge is 1.00 e. The van der Waals surface area contributed by atoms with Crippen LogP contribution in [-0.4, -0.2) is 32.7 Å². The van der Waals surface area contributed by atoms with E-state index in [9.17, 15) is 9.90 Å². The molecule has 8 heavy (non-hydrogen) atoms. The summed E-state index contributed by atoms with van der Waals surface area (Å²) >= 11 is 5.33. The fourth-order valence-electron chi connectivity index (χ4n) is 0. The normalized spacial score (nSPS) is 9.88. The van der Waals surface area contributed by atoms with E-state index in [0.29, 0.717) is 0 Å². The molecule has 0 radical (unpaired) electrons. The van der Waals surface area contributed by atoms with Gasteiger partial charge in [0.05, 0.1) is 5.97 Å². The Morgan fingerprint density at radius 3 is 1.50 bits per heavy atom. The van der Waals surface area contributed by atoms with E-state index in [-0.39, 0.29) is 27.3 Å². The van der Waals surface area contributed by atoms with Crippen LogP contribution in [0.4, 0.5) is 0 Å². The van der Waals surface area contributed by atoms with Crippen LogP contribution in [0.15, 0.2) is 0 Å². The summed E-state index contributed by atoms with van der Waals surface area (Å²) in [6.07, 6.45) is 0. The Balaban J connectivity index is 0. The van der Waals surface area contributed by atoms with Crippen molar-refractivity contribution in [3.8, 4) is 0 Å². The summed E-state index contributed by atoms with van der Waals surface area (Å²) in [6.45, 7) is 0. The van der Waals surface area contributed by atoms with Crippen molar-refractivity contribution in [2.24, 2.45) is 0 Å². The van der Waals surface area contributed by atoms with Gasteiger partial charge in [-0.2, -0.15) is 0 Å². The zero-order valence-electron chi connectivity index (χ0n) is 3.53. The molecule has 6 heteroatoms. The molecule has 0 aliphatic carbocycles. The standard InChI is InChI=1S/C2HI3O2.Tl/c3-2(4,5)1(6)7;/h(H,6,7);/q;+1/p-1. The van der Waals surface area contributed by atoms with Gasteiger partial charge in [0, 0.05) is 0 Å². The second kappa shape index (κ2) is 5.26. The van der Waals surface area contributed by atoms with E-state index in [2.05, 4.69) is 0 Å². The molecule has 0 unspecified atom stereocenters. The van der Waals surface area contributed by atoms with Crippen molar-refractivity contribution in [3.05, 3.63) is 0 Å². The first-order chi connectivity index (χ1) is 2.94. The van der Waals surface area contributed by atoms with Crippen molar-refractivity contribution in [2.45, 2.75) is -0.565 Å². The third kappa shape index (κ3) is 6.70. The van der Waals surface area contributed by atoms with E-state index < -0.39 is 5.40 Å². The molecule has 0 aromatic heterocycles. The molecule has 0 saturated heterocycles. The van der Waals surface area contributed by atoms with Crippen LogP contribution in [0.25, 0.3) is 0 Å². The van der Waals surface area contributed by atoms with Crippen molar-refractivity contribution >= 4 is 101 Å². The second-order valence-corrected chi connectivity index (χ2v) is 11.8. The fraction of sp³-hybridized carbons (Fsp3) is 0.500. The Morgan fingerprint density at radius 1 is 1.38 bits per heavy atom.